The van der Waals surface area contributed by atoms with Gasteiger partial charge in [-0.3, -0.25) is 0 Å². The number of para-hydroxylation sites is 1. The molecule has 1 aliphatic carbocycles. The van der Waals surface area contributed by atoms with E-state index in [0.29, 0.717) is 12.0 Å². The van der Waals surface area contributed by atoms with E-state index in [1.54, 1.807) is 0 Å². The maximum absolute atomic E-state index is 6.42. The lowest BCUT2D eigenvalue weighted by Gasteiger charge is -2.45. The van der Waals surface area contributed by atoms with Gasteiger partial charge < -0.3 is 10.6 Å². The number of rotatable bonds is 2. The van der Waals surface area contributed by atoms with Crippen molar-refractivity contribution in [3.8, 4) is 0 Å². The average molecular weight is 293 g/mol. The second-order valence-corrected chi connectivity index (χ2v) is 6.91. The molecule has 3 rings (SSSR count). The van der Waals surface area contributed by atoms with E-state index in [4.69, 9.17) is 17.3 Å². The molecule has 0 amide bonds. The molecule has 0 unspecified atom stereocenters. The summed E-state index contributed by atoms with van der Waals surface area (Å²) < 4.78 is 0. The van der Waals surface area contributed by atoms with E-state index in [2.05, 4.69) is 11.0 Å². The Kier molecular flexibility index (Phi) is 4.23. The molecule has 2 aliphatic rings. The van der Waals surface area contributed by atoms with Crippen LogP contribution in [0.3, 0.4) is 0 Å². The summed E-state index contributed by atoms with van der Waals surface area (Å²) in [7, 11) is 0. The topological polar surface area (TPSA) is 29.3 Å². The van der Waals surface area contributed by atoms with Gasteiger partial charge in [-0.1, -0.05) is 43.0 Å². The van der Waals surface area contributed by atoms with Crippen molar-refractivity contribution in [2.75, 3.05) is 18.0 Å². The summed E-state index contributed by atoms with van der Waals surface area (Å²) in [5, 5.41) is 0.854. The van der Waals surface area contributed by atoms with E-state index in [0.717, 1.165) is 18.1 Å². The molecular formula is C17H25ClN2. The van der Waals surface area contributed by atoms with Crippen LogP contribution in [0.5, 0.6) is 0 Å². The maximum Gasteiger partial charge on any atom is 0.0642 e. The zero-order valence-electron chi connectivity index (χ0n) is 12.2. The van der Waals surface area contributed by atoms with Crippen molar-refractivity contribution in [3.63, 3.8) is 0 Å². The van der Waals surface area contributed by atoms with Crippen molar-refractivity contribution >= 4 is 17.3 Å². The fourth-order valence-electron chi connectivity index (χ4n) is 4.09. The largest absolute Gasteiger partial charge is 0.370 e. The van der Waals surface area contributed by atoms with Crippen molar-refractivity contribution < 1.29 is 0 Å². The number of nitrogens with zero attached hydrogens (tertiary/aromatic N) is 1. The van der Waals surface area contributed by atoms with Gasteiger partial charge in [0.2, 0.25) is 0 Å². The van der Waals surface area contributed by atoms with Crippen LogP contribution >= 0.6 is 11.6 Å². The van der Waals surface area contributed by atoms with Gasteiger partial charge in [0.1, 0.15) is 0 Å². The van der Waals surface area contributed by atoms with E-state index in [1.807, 2.05) is 12.1 Å². The van der Waals surface area contributed by atoms with Gasteiger partial charge in [-0.25, -0.2) is 0 Å². The highest BCUT2D eigenvalue weighted by atomic mass is 35.5. The molecular weight excluding hydrogens is 268 g/mol. The highest BCUT2D eigenvalue weighted by molar-refractivity contribution is 6.33. The van der Waals surface area contributed by atoms with Crippen LogP contribution in [0, 0.1) is 5.41 Å². The quantitative estimate of drug-likeness (QED) is 0.878. The first-order valence-electron chi connectivity index (χ1n) is 7.97. The summed E-state index contributed by atoms with van der Waals surface area (Å²) in [6, 6.07) is 6.09. The van der Waals surface area contributed by atoms with Crippen LogP contribution in [0.4, 0.5) is 5.69 Å². The predicted molar refractivity (Wildman–Crippen MR) is 86.3 cm³/mol. The molecule has 1 heterocycles. The van der Waals surface area contributed by atoms with Crippen molar-refractivity contribution in [1.82, 2.24) is 0 Å². The Morgan fingerprint density at radius 3 is 2.40 bits per heavy atom. The minimum atomic E-state index is 0.567. The number of hydrogen-bond donors (Lipinski definition) is 1. The first-order valence-corrected chi connectivity index (χ1v) is 8.34. The molecule has 0 aromatic heterocycles. The van der Waals surface area contributed by atoms with E-state index in [-0.39, 0.29) is 0 Å². The van der Waals surface area contributed by atoms with Crippen molar-refractivity contribution in [2.24, 2.45) is 11.1 Å². The van der Waals surface area contributed by atoms with Gasteiger partial charge in [0.05, 0.1) is 10.7 Å². The molecule has 20 heavy (non-hydrogen) atoms. The molecule has 0 radical (unpaired) electrons. The monoisotopic (exact) mass is 292 g/mol. The summed E-state index contributed by atoms with van der Waals surface area (Å²) in [4.78, 5) is 2.46. The number of anilines is 1. The van der Waals surface area contributed by atoms with Gasteiger partial charge in [-0.15, -0.1) is 0 Å². The summed E-state index contributed by atoms with van der Waals surface area (Å²) in [5.41, 5.74) is 8.88. The molecule has 0 atom stereocenters. The highest BCUT2D eigenvalue weighted by Crippen LogP contribution is 2.46. The predicted octanol–water partition coefficient (Wildman–Crippen LogP) is 4.35. The maximum atomic E-state index is 6.42. The lowest BCUT2D eigenvalue weighted by Crippen LogP contribution is -2.41. The van der Waals surface area contributed by atoms with Gasteiger partial charge in [0.25, 0.3) is 0 Å². The molecule has 110 valence electrons. The Morgan fingerprint density at radius 1 is 1.05 bits per heavy atom. The number of nitrogens with two attached hydrogens (primary N) is 1. The van der Waals surface area contributed by atoms with Gasteiger partial charge in [0.15, 0.2) is 0 Å². The van der Waals surface area contributed by atoms with Crippen LogP contribution in [-0.2, 0) is 6.54 Å². The van der Waals surface area contributed by atoms with Crippen molar-refractivity contribution in [2.45, 2.75) is 51.5 Å². The molecule has 1 saturated carbocycles. The Balaban J connectivity index is 1.75. The Hall–Kier alpha value is -0.730. The molecule has 2 nitrogen and oxygen atoms in total. The van der Waals surface area contributed by atoms with E-state index in [1.165, 1.54) is 56.2 Å². The van der Waals surface area contributed by atoms with Crippen LogP contribution in [-0.4, -0.2) is 13.1 Å². The zero-order valence-corrected chi connectivity index (χ0v) is 13.0. The SMILES string of the molecule is NCc1cccc(Cl)c1N1CCC2(CCCCC2)CC1. The van der Waals surface area contributed by atoms with Crippen molar-refractivity contribution in [1.29, 1.82) is 0 Å². The van der Waals surface area contributed by atoms with Gasteiger partial charge in [-0.05, 0) is 42.7 Å². The molecule has 2 N–H and O–H groups in total. The third-order valence-electron chi connectivity index (χ3n) is 5.34. The number of piperidine rings is 1. The summed E-state index contributed by atoms with van der Waals surface area (Å²) in [6.07, 6.45) is 9.82. The van der Waals surface area contributed by atoms with Crippen LogP contribution in [0.25, 0.3) is 0 Å². The fraction of sp³-hybridized carbons (Fsp3) is 0.647. The molecule has 0 bridgehead atoms. The van der Waals surface area contributed by atoms with Crippen LogP contribution in [0.1, 0.15) is 50.5 Å². The molecule has 1 aliphatic heterocycles. The van der Waals surface area contributed by atoms with Crippen molar-refractivity contribution in [3.05, 3.63) is 28.8 Å². The summed E-state index contributed by atoms with van der Waals surface area (Å²) >= 11 is 6.42. The second kappa shape index (κ2) is 5.95. The normalized spacial score (nSPS) is 22.2. The van der Waals surface area contributed by atoms with Gasteiger partial charge in [-0.2, -0.15) is 0 Å². The molecule has 3 heteroatoms. The molecule has 2 fully saturated rings. The summed E-state index contributed by atoms with van der Waals surface area (Å²) in [5.74, 6) is 0. The van der Waals surface area contributed by atoms with Crippen LogP contribution < -0.4 is 10.6 Å². The standard InChI is InChI=1S/C17H25ClN2/c18-15-6-4-5-14(13-19)16(15)20-11-9-17(10-12-20)7-2-1-3-8-17/h4-6H,1-3,7-13,19H2. The van der Waals surface area contributed by atoms with Gasteiger partial charge >= 0.3 is 0 Å². The van der Waals surface area contributed by atoms with E-state index < -0.39 is 0 Å². The fourth-order valence-corrected chi connectivity index (χ4v) is 4.40. The van der Waals surface area contributed by atoms with E-state index in [9.17, 15) is 0 Å². The first kappa shape index (κ1) is 14.2. The Morgan fingerprint density at radius 2 is 1.75 bits per heavy atom. The third-order valence-corrected chi connectivity index (χ3v) is 5.65. The van der Waals surface area contributed by atoms with Crippen LogP contribution in [0.2, 0.25) is 5.02 Å². The summed E-state index contributed by atoms with van der Waals surface area (Å²) in [6.45, 7) is 2.84. The molecule has 1 saturated heterocycles. The number of hydrogen-bond acceptors (Lipinski definition) is 2. The third kappa shape index (κ3) is 2.68. The lowest BCUT2D eigenvalue weighted by molar-refractivity contribution is 0.144. The average Bonchev–Trinajstić information content (AvgIpc) is 2.49. The minimum absolute atomic E-state index is 0.567. The van der Waals surface area contributed by atoms with Crippen LogP contribution in [0.15, 0.2) is 18.2 Å². The smallest absolute Gasteiger partial charge is 0.0642 e. The Labute approximate surface area is 127 Å². The lowest BCUT2D eigenvalue weighted by atomic mass is 9.68. The zero-order chi connectivity index (χ0) is 14.0. The highest BCUT2D eigenvalue weighted by Gasteiger charge is 2.36. The van der Waals surface area contributed by atoms with Gasteiger partial charge in [0, 0.05) is 19.6 Å². The second-order valence-electron chi connectivity index (χ2n) is 6.50. The van der Waals surface area contributed by atoms with E-state index >= 15 is 0 Å². The number of benzene rings is 1. The molecule has 1 aromatic rings. The Bertz CT molecular complexity index is 456. The number of halogens is 1. The molecule has 1 spiro atoms. The molecule has 1 aromatic carbocycles. The minimum Gasteiger partial charge on any atom is -0.370 e. The first-order chi connectivity index (χ1) is 9.74.